The Kier molecular flexibility index (Phi) is 13.3. The first kappa shape index (κ1) is 43.2. The van der Waals surface area contributed by atoms with Gasteiger partial charge in [-0.05, 0) is 88.5 Å². The van der Waals surface area contributed by atoms with Crippen molar-refractivity contribution in [2.75, 3.05) is 67.2 Å². The van der Waals surface area contributed by atoms with E-state index in [9.17, 15) is 27.6 Å². The predicted octanol–water partition coefficient (Wildman–Crippen LogP) is 7.05. The summed E-state index contributed by atoms with van der Waals surface area (Å²) in [5.41, 5.74) is 3.84. The number of hydrogen-bond donors (Lipinski definition) is 5. The molecule has 0 bridgehead atoms. The maximum Gasteiger partial charge on any atom is 0.419 e. The lowest BCUT2D eigenvalue weighted by molar-refractivity contribution is -0.137. The summed E-state index contributed by atoms with van der Waals surface area (Å²) >= 11 is 0. The van der Waals surface area contributed by atoms with Gasteiger partial charge in [-0.1, -0.05) is 30.3 Å². The van der Waals surface area contributed by atoms with E-state index >= 15 is 0 Å². The van der Waals surface area contributed by atoms with Crippen LogP contribution in [0.3, 0.4) is 0 Å². The molecule has 4 heterocycles. The quantitative estimate of drug-likeness (QED) is 0.0885. The Bertz CT molecular complexity index is 2220. The standard InChI is InChI=1S/C45H54F3N9O4/c1-28(2)61-40-25-39(29(3)23-38(40)53-41-24-37(33(26-50-41)45(46,47)48)52-35-12-8-6-10-32(35)43(59)49-4)57-21-19-56(20-22-57)31-15-17-55(18-16-31)27-30-9-5-7-11-34(30)51-36-13-14-42(58)54-44(36)60/h5-12,23-26,28,31,36,51H,13-22,27H2,1-4H3,(H,49,59)(H2,50,52,53)(H,54,58,60). The monoisotopic (exact) mass is 841 g/mol. The van der Waals surface area contributed by atoms with Crippen molar-refractivity contribution in [2.24, 2.45) is 0 Å². The van der Waals surface area contributed by atoms with E-state index in [0.717, 1.165) is 87.4 Å². The molecule has 13 nitrogen and oxygen atoms in total. The predicted molar refractivity (Wildman–Crippen MR) is 231 cm³/mol. The van der Waals surface area contributed by atoms with Gasteiger partial charge in [0.1, 0.15) is 17.6 Å². The highest BCUT2D eigenvalue weighted by Crippen LogP contribution is 2.40. The fourth-order valence-corrected chi connectivity index (χ4v) is 8.36. The SMILES string of the molecule is CNC(=O)c1ccccc1Nc1cc(Nc2cc(C)c(N3CCN(C4CCN(Cc5ccccc5NC5CCC(=O)NC5=O)CC4)CC3)cc2OC(C)C)ncc1C(F)(F)F. The number of para-hydroxylation sites is 2. The molecule has 61 heavy (non-hydrogen) atoms. The average molecular weight is 842 g/mol. The Morgan fingerprint density at radius 2 is 1.59 bits per heavy atom. The lowest BCUT2D eigenvalue weighted by Crippen LogP contribution is -2.53. The molecule has 3 saturated heterocycles. The maximum atomic E-state index is 14.2. The molecular weight excluding hydrogens is 788 g/mol. The molecule has 3 aliphatic rings. The summed E-state index contributed by atoms with van der Waals surface area (Å²) in [6.07, 6.45) is -1.16. The van der Waals surface area contributed by atoms with Crippen molar-refractivity contribution in [1.82, 2.24) is 25.4 Å². The number of piperazine rings is 1. The minimum Gasteiger partial charge on any atom is -0.489 e. The number of aryl methyl sites for hydroxylation is 1. The number of imide groups is 1. The first-order valence-electron chi connectivity index (χ1n) is 20.9. The van der Waals surface area contributed by atoms with Gasteiger partial charge >= 0.3 is 6.18 Å². The van der Waals surface area contributed by atoms with Gasteiger partial charge in [-0.3, -0.25) is 29.5 Å². The third kappa shape index (κ3) is 10.5. The Morgan fingerprint density at radius 3 is 2.28 bits per heavy atom. The highest BCUT2D eigenvalue weighted by atomic mass is 19.4. The van der Waals surface area contributed by atoms with Crippen molar-refractivity contribution in [3.8, 4) is 5.75 Å². The number of likely N-dealkylation sites (tertiary alicyclic amines) is 1. The summed E-state index contributed by atoms with van der Waals surface area (Å²) in [7, 11) is 1.46. The third-order valence-electron chi connectivity index (χ3n) is 11.5. The van der Waals surface area contributed by atoms with Crippen molar-refractivity contribution in [3.05, 3.63) is 95.2 Å². The van der Waals surface area contributed by atoms with Gasteiger partial charge in [-0.2, -0.15) is 13.2 Å². The number of alkyl halides is 3. The number of nitrogens with one attached hydrogen (secondary N) is 5. The number of anilines is 6. The number of aromatic nitrogens is 1. The zero-order chi connectivity index (χ0) is 43.3. The van der Waals surface area contributed by atoms with Crippen LogP contribution in [-0.2, 0) is 22.3 Å². The summed E-state index contributed by atoms with van der Waals surface area (Å²) in [6.45, 7) is 12.1. The van der Waals surface area contributed by atoms with Gasteiger partial charge in [0.15, 0.2) is 0 Å². The van der Waals surface area contributed by atoms with Gasteiger partial charge in [-0.15, -0.1) is 0 Å². The number of hydrogen-bond acceptors (Lipinski definition) is 11. The second-order valence-corrected chi connectivity index (χ2v) is 16.1. The molecule has 16 heteroatoms. The molecule has 0 saturated carbocycles. The number of pyridine rings is 1. The Hall–Kier alpha value is -5.87. The minimum atomic E-state index is -4.70. The van der Waals surface area contributed by atoms with Crippen LogP contribution < -0.4 is 36.2 Å². The molecule has 4 aromatic rings. The number of amides is 3. The molecule has 1 unspecified atom stereocenters. The molecule has 7 rings (SSSR count). The topological polar surface area (TPSA) is 143 Å². The van der Waals surface area contributed by atoms with E-state index in [2.05, 4.69) is 52.3 Å². The number of carbonyl (C=O) groups is 3. The normalized spacial score (nSPS) is 18.2. The van der Waals surface area contributed by atoms with Crippen LogP contribution in [0.15, 0.2) is 72.9 Å². The molecule has 3 aliphatic heterocycles. The molecule has 1 aromatic heterocycles. The maximum absolute atomic E-state index is 14.2. The summed E-state index contributed by atoms with van der Waals surface area (Å²) in [5, 5.41) is 14.4. The molecule has 0 radical (unpaired) electrons. The third-order valence-corrected chi connectivity index (χ3v) is 11.5. The lowest BCUT2D eigenvalue weighted by atomic mass is 10.0. The summed E-state index contributed by atoms with van der Waals surface area (Å²) in [5.74, 6) is -0.212. The van der Waals surface area contributed by atoms with E-state index in [-0.39, 0.29) is 40.7 Å². The van der Waals surface area contributed by atoms with Crippen molar-refractivity contribution >= 4 is 52.0 Å². The number of benzene rings is 3. The van der Waals surface area contributed by atoms with Crippen LogP contribution in [-0.4, -0.2) is 97.0 Å². The van der Waals surface area contributed by atoms with Gasteiger partial charge < -0.3 is 30.9 Å². The van der Waals surface area contributed by atoms with Gasteiger partial charge in [0, 0.05) is 81.9 Å². The smallest absolute Gasteiger partial charge is 0.419 e. The van der Waals surface area contributed by atoms with Crippen LogP contribution in [0.4, 0.5) is 47.4 Å². The molecule has 3 fully saturated rings. The van der Waals surface area contributed by atoms with Crippen LogP contribution in [0.2, 0.25) is 0 Å². The highest BCUT2D eigenvalue weighted by molar-refractivity contribution is 6.01. The van der Waals surface area contributed by atoms with Crippen LogP contribution in [0, 0.1) is 6.92 Å². The van der Waals surface area contributed by atoms with Crippen LogP contribution in [0.25, 0.3) is 0 Å². The Balaban J connectivity index is 0.988. The summed E-state index contributed by atoms with van der Waals surface area (Å²) in [4.78, 5) is 48.1. The second-order valence-electron chi connectivity index (χ2n) is 16.1. The van der Waals surface area contributed by atoms with E-state index in [1.807, 2.05) is 51.1 Å². The van der Waals surface area contributed by atoms with Crippen LogP contribution in [0.5, 0.6) is 5.75 Å². The molecule has 5 N–H and O–H groups in total. The van der Waals surface area contributed by atoms with Gasteiger partial charge in [0.25, 0.3) is 5.91 Å². The Morgan fingerprint density at radius 1 is 0.885 bits per heavy atom. The fourth-order valence-electron chi connectivity index (χ4n) is 8.36. The zero-order valence-electron chi connectivity index (χ0n) is 35.0. The molecule has 3 aromatic carbocycles. The molecule has 1 atom stereocenters. The van der Waals surface area contributed by atoms with Gasteiger partial charge in [-0.25, -0.2) is 4.98 Å². The molecule has 0 aliphatic carbocycles. The van der Waals surface area contributed by atoms with E-state index < -0.39 is 23.7 Å². The second kappa shape index (κ2) is 18.8. The first-order valence-corrected chi connectivity index (χ1v) is 20.9. The number of piperidine rings is 2. The van der Waals surface area contributed by atoms with E-state index in [1.165, 1.54) is 19.2 Å². The molecular formula is C45H54F3N9O4. The lowest BCUT2D eigenvalue weighted by Gasteiger charge is -2.43. The molecule has 0 spiro atoms. The highest BCUT2D eigenvalue weighted by Gasteiger charge is 2.35. The fraction of sp³-hybridized carbons (Fsp3) is 0.422. The van der Waals surface area contributed by atoms with Crippen molar-refractivity contribution < 1.29 is 32.3 Å². The van der Waals surface area contributed by atoms with E-state index in [0.29, 0.717) is 30.3 Å². The van der Waals surface area contributed by atoms with E-state index in [1.54, 1.807) is 18.2 Å². The minimum absolute atomic E-state index is 0.168. The van der Waals surface area contributed by atoms with Gasteiger partial charge in [0.2, 0.25) is 11.8 Å². The van der Waals surface area contributed by atoms with Crippen molar-refractivity contribution in [2.45, 2.75) is 77.4 Å². The Labute approximate surface area is 354 Å². The van der Waals surface area contributed by atoms with E-state index in [4.69, 9.17) is 4.74 Å². The zero-order valence-corrected chi connectivity index (χ0v) is 35.0. The molecule has 324 valence electrons. The van der Waals surface area contributed by atoms with Gasteiger partial charge in [0.05, 0.1) is 34.3 Å². The summed E-state index contributed by atoms with van der Waals surface area (Å²) in [6, 6.07) is 19.7. The number of nitrogens with zero attached hydrogens (tertiary/aromatic N) is 4. The van der Waals surface area contributed by atoms with Crippen molar-refractivity contribution in [1.29, 1.82) is 0 Å². The average Bonchev–Trinajstić information content (AvgIpc) is 3.23. The molecule has 3 amide bonds. The number of rotatable bonds is 13. The van der Waals surface area contributed by atoms with Crippen LogP contribution >= 0.6 is 0 Å². The largest absolute Gasteiger partial charge is 0.489 e. The first-order chi connectivity index (χ1) is 29.2. The number of carbonyl (C=O) groups excluding carboxylic acids is 3. The number of halogens is 3. The van der Waals surface area contributed by atoms with Crippen molar-refractivity contribution in [3.63, 3.8) is 0 Å². The summed E-state index contributed by atoms with van der Waals surface area (Å²) < 4.78 is 48.9. The van der Waals surface area contributed by atoms with Crippen LogP contribution in [0.1, 0.15) is 66.6 Å². The number of ether oxygens (including phenoxy) is 1.